The molecule has 57 heavy (non-hydrogen) atoms. The van der Waals surface area contributed by atoms with E-state index in [9.17, 15) is 0 Å². The lowest BCUT2D eigenvalue weighted by molar-refractivity contribution is 0.669. The molecule has 6 nitrogen and oxygen atoms in total. The first-order chi connectivity index (χ1) is 28.3. The number of para-hydroxylation sites is 3. The average molecular weight is 730 g/mol. The Morgan fingerprint density at radius 2 is 0.965 bits per heavy atom. The Bertz CT molecular complexity index is 3520. The molecule has 266 valence electrons. The third-order valence-corrected chi connectivity index (χ3v) is 11.2. The Morgan fingerprint density at radius 1 is 0.351 bits per heavy atom. The molecule has 0 aliphatic heterocycles. The molecule has 0 aliphatic rings. The van der Waals surface area contributed by atoms with E-state index in [0.717, 1.165) is 82.7 Å². The zero-order chi connectivity index (χ0) is 37.5. The minimum absolute atomic E-state index is 0.559. The van der Waals surface area contributed by atoms with Crippen LogP contribution in [0, 0.1) is 0 Å². The highest BCUT2D eigenvalue weighted by Gasteiger charge is 2.23. The number of hydrogen-bond donors (Lipinski definition) is 0. The van der Waals surface area contributed by atoms with Crippen LogP contribution in [0.4, 0.5) is 0 Å². The molecule has 0 unspecified atom stereocenters. The second-order valence-corrected chi connectivity index (χ2v) is 14.4. The first kappa shape index (κ1) is 31.5. The van der Waals surface area contributed by atoms with Crippen molar-refractivity contribution in [2.45, 2.75) is 0 Å². The maximum atomic E-state index is 6.26. The second kappa shape index (κ2) is 12.3. The first-order valence-electron chi connectivity index (χ1n) is 19.1. The molecule has 0 amide bonds. The Kier molecular flexibility index (Phi) is 6.83. The van der Waals surface area contributed by atoms with Gasteiger partial charge in [0.05, 0.1) is 22.1 Å². The number of nitrogens with zero attached hydrogens (tertiary/aromatic N) is 5. The van der Waals surface area contributed by atoms with Crippen molar-refractivity contribution in [3.8, 4) is 45.5 Å². The molecular formula is C51H31N5O. The lowest BCUT2D eigenvalue weighted by Crippen LogP contribution is -2.06. The summed E-state index contributed by atoms with van der Waals surface area (Å²) in [5.74, 6) is 1.78. The first-order valence-corrected chi connectivity index (χ1v) is 19.1. The minimum atomic E-state index is 0.559. The lowest BCUT2D eigenvalue weighted by Gasteiger charge is -2.12. The van der Waals surface area contributed by atoms with Gasteiger partial charge in [0.15, 0.2) is 11.6 Å². The van der Waals surface area contributed by atoms with E-state index in [0.29, 0.717) is 17.6 Å². The van der Waals surface area contributed by atoms with Crippen LogP contribution in [0.25, 0.3) is 111 Å². The standard InChI is InChI=1S/C51H31N5O/c1-3-14-32(15-4-1)34-18-13-19-35(30-34)50-52-49(33-16-5-2-6-17-33)53-51(54-50)56-43-24-11-8-22-40(43)47-44(56)28-27-39-37-20-7-10-23-42(37)55(48(39)47)36-26-29-46-41(31-36)38-21-9-12-25-45(38)57-46/h1-31H. The average Bonchev–Trinajstić information content (AvgIpc) is 3.94. The smallest absolute Gasteiger partial charge is 0.238 e. The zero-order valence-corrected chi connectivity index (χ0v) is 30.5. The Morgan fingerprint density at radius 3 is 1.77 bits per heavy atom. The highest BCUT2D eigenvalue weighted by atomic mass is 16.3. The van der Waals surface area contributed by atoms with Crippen LogP contribution in [-0.2, 0) is 0 Å². The molecule has 0 N–H and O–H groups in total. The van der Waals surface area contributed by atoms with Gasteiger partial charge in [-0.3, -0.25) is 4.57 Å². The molecule has 12 aromatic rings. The largest absolute Gasteiger partial charge is 0.456 e. The molecule has 0 atom stereocenters. The fraction of sp³-hybridized carbons (Fsp3) is 0. The molecule has 0 bridgehead atoms. The summed E-state index contributed by atoms with van der Waals surface area (Å²) in [6.45, 7) is 0. The summed E-state index contributed by atoms with van der Waals surface area (Å²) >= 11 is 0. The van der Waals surface area contributed by atoms with Gasteiger partial charge in [0.25, 0.3) is 0 Å². The fourth-order valence-electron chi connectivity index (χ4n) is 8.62. The van der Waals surface area contributed by atoms with Crippen molar-refractivity contribution in [3.05, 3.63) is 188 Å². The molecule has 12 rings (SSSR count). The van der Waals surface area contributed by atoms with Crippen LogP contribution in [-0.4, -0.2) is 24.1 Å². The minimum Gasteiger partial charge on any atom is -0.456 e. The zero-order valence-electron chi connectivity index (χ0n) is 30.5. The van der Waals surface area contributed by atoms with Crippen molar-refractivity contribution in [1.82, 2.24) is 24.1 Å². The van der Waals surface area contributed by atoms with Crippen LogP contribution < -0.4 is 0 Å². The van der Waals surface area contributed by atoms with Crippen LogP contribution in [0.5, 0.6) is 0 Å². The number of furan rings is 1. The highest BCUT2D eigenvalue weighted by Crippen LogP contribution is 2.43. The summed E-state index contributed by atoms with van der Waals surface area (Å²) in [7, 11) is 0. The monoisotopic (exact) mass is 729 g/mol. The topological polar surface area (TPSA) is 61.7 Å². The summed E-state index contributed by atoms with van der Waals surface area (Å²) in [5, 5.41) is 6.81. The van der Waals surface area contributed by atoms with E-state index in [1.807, 2.05) is 36.4 Å². The van der Waals surface area contributed by atoms with E-state index < -0.39 is 0 Å². The number of fused-ring (bicyclic) bond motifs is 10. The molecule has 0 fully saturated rings. The predicted molar refractivity (Wildman–Crippen MR) is 232 cm³/mol. The summed E-state index contributed by atoms with van der Waals surface area (Å²) < 4.78 is 10.9. The summed E-state index contributed by atoms with van der Waals surface area (Å²) in [4.78, 5) is 15.6. The van der Waals surface area contributed by atoms with Crippen LogP contribution in [0.2, 0.25) is 0 Å². The number of benzene rings is 8. The van der Waals surface area contributed by atoms with Gasteiger partial charge in [-0.1, -0.05) is 140 Å². The molecule has 6 heteroatoms. The van der Waals surface area contributed by atoms with E-state index in [2.05, 4.69) is 161 Å². The van der Waals surface area contributed by atoms with Crippen molar-refractivity contribution >= 4 is 65.6 Å². The Labute approximate surface area is 326 Å². The molecule has 0 radical (unpaired) electrons. The fourth-order valence-corrected chi connectivity index (χ4v) is 8.62. The summed E-state index contributed by atoms with van der Waals surface area (Å²) in [5.41, 5.74) is 11.2. The van der Waals surface area contributed by atoms with Gasteiger partial charge in [0, 0.05) is 49.1 Å². The van der Waals surface area contributed by atoms with Gasteiger partial charge in [0.2, 0.25) is 5.95 Å². The van der Waals surface area contributed by atoms with Gasteiger partial charge < -0.3 is 8.98 Å². The normalized spacial score (nSPS) is 11.9. The van der Waals surface area contributed by atoms with Gasteiger partial charge in [-0.05, 0) is 59.7 Å². The SMILES string of the molecule is c1ccc(-c2cccc(-c3nc(-c4ccccc4)nc(-n4c5ccccc5c5c4ccc4c6ccccc6n(-c6ccc7oc8ccccc8c7c6)c45)n3)c2)cc1. The Balaban J connectivity index is 1.16. The maximum absolute atomic E-state index is 6.26. The van der Waals surface area contributed by atoms with E-state index in [1.54, 1.807) is 0 Å². The van der Waals surface area contributed by atoms with Crippen molar-refractivity contribution in [1.29, 1.82) is 0 Å². The van der Waals surface area contributed by atoms with E-state index in [-0.39, 0.29) is 0 Å². The van der Waals surface area contributed by atoms with Gasteiger partial charge in [-0.15, -0.1) is 0 Å². The summed E-state index contributed by atoms with van der Waals surface area (Å²) in [6.07, 6.45) is 0. The van der Waals surface area contributed by atoms with Crippen LogP contribution in [0.15, 0.2) is 192 Å². The molecular weight excluding hydrogens is 699 g/mol. The third-order valence-electron chi connectivity index (χ3n) is 11.2. The van der Waals surface area contributed by atoms with Crippen LogP contribution in [0.1, 0.15) is 0 Å². The number of hydrogen-bond acceptors (Lipinski definition) is 4. The molecule has 4 aromatic heterocycles. The quantitative estimate of drug-likeness (QED) is 0.177. The molecule has 0 spiro atoms. The van der Waals surface area contributed by atoms with E-state index in [1.165, 1.54) is 10.8 Å². The molecule has 8 aromatic carbocycles. The van der Waals surface area contributed by atoms with Gasteiger partial charge in [-0.25, -0.2) is 4.98 Å². The van der Waals surface area contributed by atoms with Gasteiger partial charge in [0.1, 0.15) is 11.2 Å². The van der Waals surface area contributed by atoms with Gasteiger partial charge in [-0.2, -0.15) is 9.97 Å². The second-order valence-electron chi connectivity index (χ2n) is 14.4. The van der Waals surface area contributed by atoms with Crippen molar-refractivity contribution in [2.24, 2.45) is 0 Å². The maximum Gasteiger partial charge on any atom is 0.238 e. The molecule has 0 saturated heterocycles. The molecule has 4 heterocycles. The summed E-state index contributed by atoms with van der Waals surface area (Å²) in [6, 6.07) is 65.5. The molecule has 0 saturated carbocycles. The number of rotatable bonds is 5. The van der Waals surface area contributed by atoms with Crippen LogP contribution >= 0.6 is 0 Å². The Hall–Kier alpha value is -7.83. The van der Waals surface area contributed by atoms with Crippen LogP contribution in [0.3, 0.4) is 0 Å². The van der Waals surface area contributed by atoms with Crippen molar-refractivity contribution < 1.29 is 4.42 Å². The highest BCUT2D eigenvalue weighted by molar-refractivity contribution is 6.26. The molecule has 0 aliphatic carbocycles. The predicted octanol–water partition coefficient (Wildman–Crippen LogP) is 13.0. The van der Waals surface area contributed by atoms with E-state index in [4.69, 9.17) is 19.4 Å². The lowest BCUT2D eigenvalue weighted by atomic mass is 10.0. The third kappa shape index (κ3) is 4.87. The van der Waals surface area contributed by atoms with Crippen molar-refractivity contribution in [2.75, 3.05) is 0 Å². The van der Waals surface area contributed by atoms with Gasteiger partial charge >= 0.3 is 0 Å². The number of aromatic nitrogens is 5. The van der Waals surface area contributed by atoms with E-state index >= 15 is 0 Å². The van der Waals surface area contributed by atoms with Crippen molar-refractivity contribution in [3.63, 3.8) is 0 Å².